The number of thioether (sulfide) groups is 1. The molecule has 1 aliphatic rings. The second-order valence-electron chi connectivity index (χ2n) is 7.04. The summed E-state index contributed by atoms with van der Waals surface area (Å²) in [6, 6.07) is 19.6. The molecule has 0 radical (unpaired) electrons. The molecule has 1 fully saturated rings. The van der Waals surface area contributed by atoms with E-state index >= 15 is 0 Å². The lowest BCUT2D eigenvalue weighted by molar-refractivity contribution is -0.142. The second kappa shape index (κ2) is 9.09. The third-order valence-electron chi connectivity index (χ3n) is 4.69. The van der Waals surface area contributed by atoms with Crippen molar-refractivity contribution in [3.63, 3.8) is 0 Å². The van der Waals surface area contributed by atoms with Crippen molar-refractivity contribution >= 4 is 23.6 Å². The molecule has 2 atom stereocenters. The first-order chi connectivity index (χ1) is 13.1. The molecule has 3 rings (SSSR count). The van der Waals surface area contributed by atoms with Gasteiger partial charge in [-0.3, -0.25) is 9.59 Å². The number of carbonyl (C=O) groups is 2. The highest BCUT2D eigenvalue weighted by Crippen LogP contribution is 2.42. The van der Waals surface area contributed by atoms with Crippen molar-refractivity contribution in [1.82, 2.24) is 10.2 Å². The van der Waals surface area contributed by atoms with Gasteiger partial charge in [0.25, 0.3) is 0 Å². The maximum Gasteiger partial charge on any atom is 0.243 e. The molecule has 27 heavy (non-hydrogen) atoms. The minimum atomic E-state index is -0.425. The minimum absolute atomic E-state index is 0.0251. The van der Waals surface area contributed by atoms with Crippen LogP contribution in [0.5, 0.6) is 0 Å². The smallest absolute Gasteiger partial charge is 0.243 e. The summed E-state index contributed by atoms with van der Waals surface area (Å²) in [5, 5.41) is 2.92. The highest BCUT2D eigenvalue weighted by Gasteiger charge is 2.42. The van der Waals surface area contributed by atoms with Crippen molar-refractivity contribution in [1.29, 1.82) is 0 Å². The first kappa shape index (κ1) is 19.5. The van der Waals surface area contributed by atoms with Gasteiger partial charge in [-0.1, -0.05) is 74.5 Å². The van der Waals surface area contributed by atoms with E-state index in [1.807, 2.05) is 62.4 Å². The number of benzene rings is 2. The Morgan fingerprint density at radius 1 is 1.07 bits per heavy atom. The zero-order chi connectivity index (χ0) is 19.2. The van der Waals surface area contributed by atoms with E-state index in [9.17, 15) is 9.59 Å². The van der Waals surface area contributed by atoms with E-state index in [0.717, 1.165) is 12.0 Å². The predicted octanol–water partition coefficient (Wildman–Crippen LogP) is 3.64. The zero-order valence-electron chi connectivity index (χ0n) is 15.8. The van der Waals surface area contributed by atoms with E-state index in [1.165, 1.54) is 5.56 Å². The van der Waals surface area contributed by atoms with Crippen LogP contribution in [0.4, 0.5) is 0 Å². The van der Waals surface area contributed by atoms with E-state index in [0.29, 0.717) is 12.3 Å². The lowest BCUT2D eigenvalue weighted by Crippen LogP contribution is -2.49. The van der Waals surface area contributed by atoms with Gasteiger partial charge in [0.05, 0.1) is 0 Å². The quantitative estimate of drug-likeness (QED) is 0.830. The molecule has 1 saturated heterocycles. The number of amides is 2. The number of carbonyl (C=O) groups excluding carboxylic acids is 2. The Morgan fingerprint density at radius 2 is 1.70 bits per heavy atom. The van der Waals surface area contributed by atoms with Gasteiger partial charge in [-0.15, -0.1) is 11.8 Å². The number of nitrogens with one attached hydrogen (secondary N) is 1. The van der Waals surface area contributed by atoms with Crippen molar-refractivity contribution in [2.45, 2.75) is 31.7 Å². The van der Waals surface area contributed by atoms with Crippen molar-refractivity contribution in [2.75, 3.05) is 12.3 Å². The molecule has 142 valence electrons. The lowest BCUT2D eigenvalue weighted by Gasteiger charge is -2.30. The molecule has 0 spiro atoms. The van der Waals surface area contributed by atoms with E-state index < -0.39 is 6.04 Å². The average molecular weight is 383 g/mol. The van der Waals surface area contributed by atoms with Crippen LogP contribution in [0, 0.1) is 5.92 Å². The summed E-state index contributed by atoms with van der Waals surface area (Å²) in [5.74, 6) is 0.437. The monoisotopic (exact) mass is 382 g/mol. The molecule has 0 saturated carbocycles. The van der Waals surface area contributed by atoms with Crippen LogP contribution < -0.4 is 5.32 Å². The van der Waals surface area contributed by atoms with E-state index in [2.05, 4.69) is 17.4 Å². The van der Waals surface area contributed by atoms with Gasteiger partial charge in [0.2, 0.25) is 11.8 Å². The molecule has 0 bridgehead atoms. The van der Waals surface area contributed by atoms with E-state index in [1.54, 1.807) is 16.7 Å². The van der Waals surface area contributed by atoms with Crippen LogP contribution in [0.3, 0.4) is 0 Å². The average Bonchev–Trinajstić information content (AvgIpc) is 3.14. The Balaban J connectivity index is 1.69. The molecule has 1 heterocycles. The van der Waals surface area contributed by atoms with Crippen LogP contribution in [-0.2, 0) is 16.0 Å². The SMILES string of the molecule is CC(C)C(=O)N1[C@@H](C(=O)NCCc2ccccc2)CS[C@@H]1c1ccccc1. The molecular weight excluding hydrogens is 356 g/mol. The predicted molar refractivity (Wildman–Crippen MR) is 110 cm³/mol. The summed E-state index contributed by atoms with van der Waals surface area (Å²) in [4.78, 5) is 27.5. The van der Waals surface area contributed by atoms with Gasteiger partial charge in [-0.25, -0.2) is 0 Å². The molecule has 2 amide bonds. The Bertz CT molecular complexity index is 764. The van der Waals surface area contributed by atoms with Crippen molar-refractivity contribution in [3.05, 3.63) is 71.8 Å². The standard InChI is InChI=1S/C22H26N2O2S/c1-16(2)21(26)24-19(15-27-22(24)18-11-7-4-8-12-18)20(25)23-14-13-17-9-5-3-6-10-17/h3-12,16,19,22H,13-15H2,1-2H3,(H,23,25)/t19-,22-/m1/s1. The molecule has 0 aromatic heterocycles. The van der Waals surface area contributed by atoms with Crippen LogP contribution in [0.2, 0.25) is 0 Å². The van der Waals surface area contributed by atoms with Crippen molar-refractivity contribution in [2.24, 2.45) is 5.92 Å². The molecular formula is C22H26N2O2S. The molecule has 1 N–H and O–H groups in total. The normalized spacial score (nSPS) is 19.3. The van der Waals surface area contributed by atoms with Crippen LogP contribution in [0.1, 0.15) is 30.3 Å². The topological polar surface area (TPSA) is 49.4 Å². The zero-order valence-corrected chi connectivity index (χ0v) is 16.6. The Kier molecular flexibility index (Phi) is 6.56. The summed E-state index contributed by atoms with van der Waals surface area (Å²) >= 11 is 1.66. The molecule has 5 heteroatoms. The summed E-state index contributed by atoms with van der Waals surface area (Å²) in [7, 11) is 0. The molecule has 0 unspecified atom stereocenters. The molecule has 1 aliphatic heterocycles. The van der Waals surface area contributed by atoms with Gasteiger partial charge in [-0.05, 0) is 17.5 Å². The van der Waals surface area contributed by atoms with Gasteiger partial charge in [0.1, 0.15) is 11.4 Å². The van der Waals surface area contributed by atoms with E-state index in [4.69, 9.17) is 0 Å². The lowest BCUT2D eigenvalue weighted by atomic mass is 10.1. The van der Waals surface area contributed by atoms with Crippen LogP contribution in [-0.4, -0.2) is 35.1 Å². The summed E-state index contributed by atoms with van der Waals surface area (Å²) < 4.78 is 0. The minimum Gasteiger partial charge on any atom is -0.354 e. The Morgan fingerprint density at radius 3 is 2.33 bits per heavy atom. The molecule has 2 aromatic rings. The Labute approximate surface area is 165 Å². The van der Waals surface area contributed by atoms with Crippen LogP contribution >= 0.6 is 11.8 Å². The first-order valence-corrected chi connectivity index (χ1v) is 10.4. The highest BCUT2D eigenvalue weighted by molar-refractivity contribution is 7.99. The van der Waals surface area contributed by atoms with Gasteiger partial charge in [0.15, 0.2) is 0 Å². The van der Waals surface area contributed by atoms with Gasteiger partial charge < -0.3 is 10.2 Å². The third kappa shape index (κ3) is 4.72. The third-order valence-corrected chi connectivity index (χ3v) is 6.02. The van der Waals surface area contributed by atoms with Crippen molar-refractivity contribution in [3.8, 4) is 0 Å². The molecule has 4 nitrogen and oxygen atoms in total. The first-order valence-electron chi connectivity index (χ1n) is 9.38. The number of hydrogen-bond donors (Lipinski definition) is 1. The number of hydrogen-bond acceptors (Lipinski definition) is 3. The number of rotatable bonds is 6. The van der Waals surface area contributed by atoms with Crippen molar-refractivity contribution < 1.29 is 9.59 Å². The van der Waals surface area contributed by atoms with Gasteiger partial charge >= 0.3 is 0 Å². The summed E-state index contributed by atoms with van der Waals surface area (Å²) in [6.45, 7) is 4.35. The maximum atomic E-state index is 12.9. The molecule has 0 aliphatic carbocycles. The Hall–Kier alpha value is -2.27. The largest absolute Gasteiger partial charge is 0.354 e. The van der Waals surface area contributed by atoms with Crippen LogP contribution in [0.15, 0.2) is 60.7 Å². The van der Waals surface area contributed by atoms with Gasteiger partial charge in [0, 0.05) is 18.2 Å². The highest BCUT2D eigenvalue weighted by atomic mass is 32.2. The number of nitrogens with zero attached hydrogens (tertiary/aromatic N) is 1. The fourth-order valence-electron chi connectivity index (χ4n) is 3.24. The maximum absolute atomic E-state index is 12.9. The summed E-state index contributed by atoms with van der Waals surface area (Å²) in [5.41, 5.74) is 2.26. The van der Waals surface area contributed by atoms with Crippen LogP contribution in [0.25, 0.3) is 0 Å². The van der Waals surface area contributed by atoms with E-state index in [-0.39, 0.29) is 23.1 Å². The summed E-state index contributed by atoms with van der Waals surface area (Å²) in [6.07, 6.45) is 0.784. The fourth-order valence-corrected chi connectivity index (χ4v) is 4.68. The molecule has 2 aromatic carbocycles. The fraction of sp³-hybridized carbons (Fsp3) is 0.364. The second-order valence-corrected chi connectivity index (χ2v) is 8.15. The van der Waals surface area contributed by atoms with Gasteiger partial charge in [-0.2, -0.15) is 0 Å².